The SMILES string of the molecule is CCOCC(OCC)(N1C(=O)N(CC2CO2)C(C)(CC)C1=O)P(=O)(O)O. The topological polar surface area (TPSA) is 129 Å². The smallest absolute Gasteiger partial charge is 0.376 e. The molecule has 11 heteroatoms. The van der Waals surface area contributed by atoms with Crippen molar-refractivity contribution in [2.45, 2.75) is 51.2 Å². The lowest BCUT2D eigenvalue weighted by Crippen LogP contribution is -2.57. The van der Waals surface area contributed by atoms with Crippen LogP contribution in [-0.2, 0) is 23.6 Å². The van der Waals surface area contributed by atoms with Crippen molar-refractivity contribution < 1.29 is 38.2 Å². The molecule has 3 amide bonds. The van der Waals surface area contributed by atoms with Gasteiger partial charge in [-0.2, -0.15) is 0 Å². The molecule has 0 aromatic rings. The maximum Gasteiger partial charge on any atom is 0.381 e. The third-order valence-electron chi connectivity index (χ3n) is 4.83. The van der Waals surface area contributed by atoms with E-state index in [4.69, 9.17) is 14.2 Å². The van der Waals surface area contributed by atoms with Crippen molar-refractivity contribution in [3.8, 4) is 0 Å². The van der Waals surface area contributed by atoms with Gasteiger partial charge in [0.2, 0.25) is 0 Å². The van der Waals surface area contributed by atoms with Crippen LogP contribution >= 0.6 is 7.60 Å². The highest BCUT2D eigenvalue weighted by atomic mass is 31.2. The zero-order chi connectivity index (χ0) is 19.8. The zero-order valence-electron chi connectivity index (χ0n) is 15.5. The molecule has 10 nitrogen and oxygen atoms in total. The standard InChI is InChI=1S/C15H27N2O8P/c1-5-14(4)12(18)17(13(19)16(14)8-11-9-24-11)15(25-7-3,10-23-6-2)26(20,21)22/h11H,5-10H2,1-4H3,(H2,20,21,22). The van der Waals surface area contributed by atoms with E-state index < -0.39 is 37.1 Å². The van der Waals surface area contributed by atoms with Gasteiger partial charge in [0, 0.05) is 13.2 Å². The van der Waals surface area contributed by atoms with Gasteiger partial charge in [0.15, 0.2) is 0 Å². The molecular formula is C15H27N2O8P. The molecule has 3 unspecified atom stereocenters. The summed E-state index contributed by atoms with van der Waals surface area (Å²) in [6.07, 6.45) is 0.0970. The Morgan fingerprint density at radius 1 is 1.31 bits per heavy atom. The number of carbonyl (C=O) groups excluding carboxylic acids is 2. The Morgan fingerprint density at radius 3 is 2.35 bits per heavy atom. The maximum atomic E-state index is 13.2. The summed E-state index contributed by atoms with van der Waals surface area (Å²) in [4.78, 5) is 48.1. The molecule has 3 atom stereocenters. The zero-order valence-corrected chi connectivity index (χ0v) is 16.4. The van der Waals surface area contributed by atoms with E-state index in [-0.39, 0.29) is 32.3 Å². The number of carbonyl (C=O) groups is 2. The molecule has 2 aliphatic heterocycles. The first-order valence-corrected chi connectivity index (χ1v) is 10.3. The van der Waals surface area contributed by atoms with E-state index in [2.05, 4.69) is 0 Å². The number of ether oxygens (including phenoxy) is 3. The van der Waals surface area contributed by atoms with Gasteiger partial charge in [-0.15, -0.1) is 0 Å². The van der Waals surface area contributed by atoms with Gasteiger partial charge in [-0.3, -0.25) is 9.36 Å². The van der Waals surface area contributed by atoms with E-state index >= 15 is 0 Å². The molecule has 2 heterocycles. The molecule has 26 heavy (non-hydrogen) atoms. The third-order valence-corrected chi connectivity index (χ3v) is 6.20. The lowest BCUT2D eigenvalue weighted by Gasteiger charge is -2.39. The van der Waals surface area contributed by atoms with Crippen molar-refractivity contribution in [1.29, 1.82) is 0 Å². The molecular weight excluding hydrogens is 367 g/mol. The fourth-order valence-corrected chi connectivity index (χ4v) is 4.01. The molecule has 0 aromatic carbocycles. The number of rotatable bonds is 10. The Balaban J connectivity index is 2.53. The fourth-order valence-electron chi connectivity index (χ4n) is 3.02. The number of hydrogen-bond acceptors (Lipinski definition) is 6. The average molecular weight is 394 g/mol. The Hall–Kier alpha value is -1.03. The van der Waals surface area contributed by atoms with E-state index in [0.717, 1.165) is 0 Å². The van der Waals surface area contributed by atoms with Crippen LogP contribution in [0.3, 0.4) is 0 Å². The lowest BCUT2D eigenvalue weighted by atomic mass is 9.97. The van der Waals surface area contributed by atoms with Crippen LogP contribution in [0.2, 0.25) is 0 Å². The quantitative estimate of drug-likeness (QED) is 0.315. The van der Waals surface area contributed by atoms with E-state index in [0.29, 0.717) is 11.5 Å². The van der Waals surface area contributed by atoms with Crippen molar-refractivity contribution in [2.24, 2.45) is 0 Å². The van der Waals surface area contributed by atoms with Crippen molar-refractivity contribution in [3.05, 3.63) is 0 Å². The molecule has 0 aliphatic carbocycles. The summed E-state index contributed by atoms with van der Waals surface area (Å²) in [6.45, 7) is 6.51. The van der Waals surface area contributed by atoms with Crippen LogP contribution in [0.4, 0.5) is 4.79 Å². The summed E-state index contributed by atoms with van der Waals surface area (Å²) in [5.41, 5.74) is -3.74. The van der Waals surface area contributed by atoms with Crippen LogP contribution in [-0.4, -0.2) is 81.6 Å². The lowest BCUT2D eigenvalue weighted by molar-refractivity contribution is -0.158. The van der Waals surface area contributed by atoms with Crippen molar-refractivity contribution in [3.63, 3.8) is 0 Å². The summed E-state index contributed by atoms with van der Waals surface area (Å²) >= 11 is 0. The predicted molar refractivity (Wildman–Crippen MR) is 90.3 cm³/mol. The number of imide groups is 1. The number of hydrogen-bond donors (Lipinski definition) is 2. The summed E-state index contributed by atoms with van der Waals surface area (Å²) < 4.78 is 28.1. The minimum absolute atomic E-state index is 0.121. The molecule has 2 rings (SSSR count). The van der Waals surface area contributed by atoms with Gasteiger partial charge in [-0.25, -0.2) is 9.69 Å². The molecule has 2 aliphatic rings. The largest absolute Gasteiger partial charge is 0.381 e. The van der Waals surface area contributed by atoms with Gasteiger partial charge in [0.25, 0.3) is 11.4 Å². The minimum Gasteiger partial charge on any atom is -0.376 e. The second kappa shape index (κ2) is 7.53. The molecule has 0 radical (unpaired) electrons. The highest BCUT2D eigenvalue weighted by Crippen LogP contribution is 2.56. The molecule has 2 fully saturated rings. The van der Waals surface area contributed by atoms with Crippen LogP contribution in [0.5, 0.6) is 0 Å². The van der Waals surface area contributed by atoms with Crippen molar-refractivity contribution in [1.82, 2.24) is 9.80 Å². The molecule has 0 aromatic heterocycles. The number of amides is 3. The first kappa shape index (κ1) is 21.3. The normalized spacial score (nSPS) is 28.6. The highest BCUT2D eigenvalue weighted by Gasteiger charge is 2.66. The number of epoxide rings is 1. The average Bonchev–Trinajstić information content (AvgIpc) is 3.36. The Labute approximate surface area is 152 Å². The van der Waals surface area contributed by atoms with Crippen molar-refractivity contribution >= 4 is 19.5 Å². The monoisotopic (exact) mass is 394 g/mol. The molecule has 0 saturated carbocycles. The van der Waals surface area contributed by atoms with Crippen molar-refractivity contribution in [2.75, 3.05) is 33.0 Å². The van der Waals surface area contributed by atoms with Crippen LogP contribution in [0.15, 0.2) is 0 Å². The maximum absolute atomic E-state index is 13.2. The number of nitrogens with zero attached hydrogens (tertiary/aromatic N) is 2. The molecule has 2 saturated heterocycles. The van der Waals surface area contributed by atoms with Gasteiger partial charge >= 0.3 is 13.6 Å². The summed E-state index contributed by atoms with van der Waals surface area (Å²) in [6, 6.07) is -0.814. The second-order valence-corrected chi connectivity index (χ2v) is 8.26. The first-order chi connectivity index (χ1) is 12.1. The van der Waals surface area contributed by atoms with E-state index in [1.165, 1.54) is 11.8 Å². The van der Waals surface area contributed by atoms with Gasteiger partial charge < -0.3 is 28.9 Å². The predicted octanol–water partition coefficient (Wildman–Crippen LogP) is 0.723. The summed E-state index contributed by atoms with van der Waals surface area (Å²) in [5, 5.41) is 0. The van der Waals surface area contributed by atoms with E-state index in [1.807, 2.05) is 0 Å². The Kier molecular flexibility index (Phi) is 6.16. The number of urea groups is 1. The first-order valence-electron chi connectivity index (χ1n) is 8.64. The summed E-state index contributed by atoms with van der Waals surface area (Å²) in [7, 11) is -5.11. The van der Waals surface area contributed by atoms with E-state index in [9.17, 15) is 23.9 Å². The Morgan fingerprint density at radius 2 is 1.92 bits per heavy atom. The molecule has 2 N–H and O–H groups in total. The van der Waals surface area contributed by atoms with Gasteiger partial charge in [-0.05, 0) is 27.2 Å². The van der Waals surface area contributed by atoms with Gasteiger partial charge in [-0.1, -0.05) is 6.92 Å². The van der Waals surface area contributed by atoms with Crippen LogP contribution < -0.4 is 0 Å². The third kappa shape index (κ3) is 3.42. The van der Waals surface area contributed by atoms with Crippen LogP contribution in [0, 0.1) is 0 Å². The molecule has 150 valence electrons. The molecule has 0 bridgehead atoms. The highest BCUT2D eigenvalue weighted by molar-refractivity contribution is 7.53. The van der Waals surface area contributed by atoms with Crippen LogP contribution in [0.25, 0.3) is 0 Å². The van der Waals surface area contributed by atoms with Gasteiger partial charge in [0.05, 0.1) is 19.3 Å². The fraction of sp³-hybridized carbons (Fsp3) is 0.867. The molecule has 0 spiro atoms. The van der Waals surface area contributed by atoms with Crippen LogP contribution in [0.1, 0.15) is 34.1 Å². The van der Waals surface area contributed by atoms with Gasteiger partial charge in [0.1, 0.15) is 12.1 Å². The minimum atomic E-state index is -5.11. The van der Waals surface area contributed by atoms with E-state index in [1.54, 1.807) is 20.8 Å². The Bertz CT molecular complexity index is 606. The summed E-state index contributed by atoms with van der Waals surface area (Å²) in [5.74, 6) is -0.720. The second-order valence-electron chi connectivity index (χ2n) is 6.47.